The summed E-state index contributed by atoms with van der Waals surface area (Å²) in [5.74, 6) is 0. The maximum absolute atomic E-state index is 9.33. The van der Waals surface area contributed by atoms with Crippen LogP contribution in [0.2, 0.25) is 0 Å². The molecular weight excluding hydrogens is 206 g/mol. The first-order valence-electron chi connectivity index (χ1n) is 6.20. The van der Waals surface area contributed by atoms with Gasteiger partial charge in [0.1, 0.15) is 0 Å². The molecule has 0 aromatic rings. The standard InChI is InChI=1S/C11H25N3O2/c12-3-1-2-4-13-5-7-14(8-6-13)9-11(16)10-15/h11,15-16H,1-10,12H2. The van der Waals surface area contributed by atoms with Crippen LogP contribution in [0.25, 0.3) is 0 Å². The number of rotatable bonds is 7. The molecule has 1 aliphatic rings. The summed E-state index contributed by atoms with van der Waals surface area (Å²) < 4.78 is 0. The smallest absolute Gasteiger partial charge is 0.0897 e. The van der Waals surface area contributed by atoms with Gasteiger partial charge in [0.15, 0.2) is 0 Å². The van der Waals surface area contributed by atoms with Gasteiger partial charge in [-0.15, -0.1) is 0 Å². The summed E-state index contributed by atoms with van der Waals surface area (Å²) >= 11 is 0. The number of hydrogen-bond acceptors (Lipinski definition) is 5. The summed E-state index contributed by atoms with van der Waals surface area (Å²) in [5, 5.41) is 18.1. The Balaban J connectivity index is 2.08. The highest BCUT2D eigenvalue weighted by molar-refractivity contribution is 4.73. The number of piperazine rings is 1. The summed E-state index contributed by atoms with van der Waals surface area (Å²) in [5.41, 5.74) is 5.46. The Kier molecular flexibility index (Phi) is 6.91. The molecule has 0 aromatic carbocycles. The van der Waals surface area contributed by atoms with Crippen molar-refractivity contribution in [1.82, 2.24) is 9.80 Å². The lowest BCUT2D eigenvalue weighted by Crippen LogP contribution is -2.49. The molecular formula is C11H25N3O2. The van der Waals surface area contributed by atoms with Crippen molar-refractivity contribution < 1.29 is 10.2 Å². The topological polar surface area (TPSA) is 73.0 Å². The molecule has 1 fully saturated rings. The summed E-state index contributed by atoms with van der Waals surface area (Å²) in [6, 6.07) is 0. The molecule has 1 atom stereocenters. The van der Waals surface area contributed by atoms with Crippen molar-refractivity contribution in [3.8, 4) is 0 Å². The Labute approximate surface area is 97.8 Å². The molecule has 0 spiro atoms. The lowest BCUT2D eigenvalue weighted by Gasteiger charge is -2.35. The van der Waals surface area contributed by atoms with Gasteiger partial charge < -0.3 is 20.8 Å². The summed E-state index contributed by atoms with van der Waals surface area (Å²) in [6.45, 7) is 6.45. The third-order valence-corrected chi connectivity index (χ3v) is 3.07. The number of hydrogen-bond donors (Lipinski definition) is 3. The van der Waals surface area contributed by atoms with Crippen LogP contribution in [-0.4, -0.2) is 78.5 Å². The van der Waals surface area contributed by atoms with Crippen molar-refractivity contribution in [2.24, 2.45) is 5.73 Å². The highest BCUT2D eigenvalue weighted by Crippen LogP contribution is 2.04. The van der Waals surface area contributed by atoms with Gasteiger partial charge in [-0.3, -0.25) is 4.90 Å². The van der Waals surface area contributed by atoms with Crippen molar-refractivity contribution in [3.63, 3.8) is 0 Å². The first-order valence-corrected chi connectivity index (χ1v) is 6.20. The van der Waals surface area contributed by atoms with Gasteiger partial charge in [0.25, 0.3) is 0 Å². The lowest BCUT2D eigenvalue weighted by atomic mass is 10.2. The highest BCUT2D eigenvalue weighted by atomic mass is 16.3. The zero-order chi connectivity index (χ0) is 11.8. The van der Waals surface area contributed by atoms with Crippen molar-refractivity contribution in [2.75, 3.05) is 52.4 Å². The van der Waals surface area contributed by atoms with Crippen LogP contribution in [0.3, 0.4) is 0 Å². The molecule has 5 nitrogen and oxygen atoms in total. The van der Waals surface area contributed by atoms with Crippen LogP contribution in [0, 0.1) is 0 Å². The van der Waals surface area contributed by atoms with Crippen molar-refractivity contribution in [1.29, 1.82) is 0 Å². The third-order valence-electron chi connectivity index (χ3n) is 3.07. The molecule has 0 amide bonds. The van der Waals surface area contributed by atoms with Crippen molar-refractivity contribution in [3.05, 3.63) is 0 Å². The average Bonchev–Trinajstić information content (AvgIpc) is 2.31. The van der Waals surface area contributed by atoms with Crippen LogP contribution in [0.5, 0.6) is 0 Å². The molecule has 16 heavy (non-hydrogen) atoms. The molecule has 96 valence electrons. The molecule has 0 radical (unpaired) electrons. The molecule has 1 aliphatic heterocycles. The van der Waals surface area contributed by atoms with Gasteiger partial charge in [-0.1, -0.05) is 0 Å². The molecule has 5 heteroatoms. The molecule has 1 unspecified atom stereocenters. The predicted octanol–water partition coefficient (Wildman–Crippen LogP) is -1.30. The van der Waals surface area contributed by atoms with Gasteiger partial charge in [-0.2, -0.15) is 0 Å². The predicted molar refractivity (Wildman–Crippen MR) is 64.3 cm³/mol. The van der Waals surface area contributed by atoms with E-state index in [0.29, 0.717) is 6.54 Å². The van der Waals surface area contributed by atoms with Crippen LogP contribution in [0.4, 0.5) is 0 Å². The number of aliphatic hydroxyl groups excluding tert-OH is 2. The van der Waals surface area contributed by atoms with Gasteiger partial charge in [0, 0.05) is 32.7 Å². The molecule has 1 saturated heterocycles. The monoisotopic (exact) mass is 231 g/mol. The second kappa shape index (κ2) is 7.97. The van der Waals surface area contributed by atoms with Crippen molar-refractivity contribution in [2.45, 2.75) is 18.9 Å². The van der Waals surface area contributed by atoms with Gasteiger partial charge in [-0.25, -0.2) is 0 Å². The molecule has 4 N–H and O–H groups in total. The highest BCUT2D eigenvalue weighted by Gasteiger charge is 2.18. The molecule has 0 saturated carbocycles. The summed E-state index contributed by atoms with van der Waals surface area (Å²) in [7, 11) is 0. The summed E-state index contributed by atoms with van der Waals surface area (Å²) in [6.07, 6.45) is 1.68. The number of nitrogens with zero attached hydrogens (tertiary/aromatic N) is 2. The zero-order valence-electron chi connectivity index (χ0n) is 10.0. The fourth-order valence-corrected chi connectivity index (χ4v) is 2.03. The maximum Gasteiger partial charge on any atom is 0.0897 e. The molecule has 0 aliphatic carbocycles. The van der Waals surface area contributed by atoms with E-state index in [2.05, 4.69) is 9.80 Å². The van der Waals surface area contributed by atoms with E-state index < -0.39 is 6.10 Å². The van der Waals surface area contributed by atoms with Crippen LogP contribution in [0.15, 0.2) is 0 Å². The van der Waals surface area contributed by atoms with E-state index in [1.807, 2.05) is 0 Å². The average molecular weight is 231 g/mol. The van der Waals surface area contributed by atoms with E-state index in [-0.39, 0.29) is 6.61 Å². The Morgan fingerprint density at radius 3 is 2.25 bits per heavy atom. The van der Waals surface area contributed by atoms with E-state index in [0.717, 1.165) is 45.7 Å². The molecule has 0 bridgehead atoms. The van der Waals surface area contributed by atoms with Gasteiger partial charge >= 0.3 is 0 Å². The van der Waals surface area contributed by atoms with Gasteiger partial charge in [0.2, 0.25) is 0 Å². The minimum atomic E-state index is -0.594. The molecule has 1 rings (SSSR count). The van der Waals surface area contributed by atoms with Crippen molar-refractivity contribution >= 4 is 0 Å². The minimum absolute atomic E-state index is 0.142. The summed E-state index contributed by atoms with van der Waals surface area (Å²) in [4.78, 5) is 4.65. The SMILES string of the molecule is NCCCCN1CCN(CC(O)CO)CC1. The second-order valence-electron chi connectivity index (χ2n) is 4.47. The van der Waals surface area contributed by atoms with Crippen LogP contribution >= 0.6 is 0 Å². The molecule has 1 heterocycles. The first kappa shape index (κ1) is 13.9. The van der Waals surface area contributed by atoms with E-state index in [9.17, 15) is 5.11 Å². The zero-order valence-corrected chi connectivity index (χ0v) is 10.0. The minimum Gasteiger partial charge on any atom is -0.394 e. The van der Waals surface area contributed by atoms with Crippen LogP contribution in [0.1, 0.15) is 12.8 Å². The Morgan fingerprint density at radius 2 is 1.69 bits per heavy atom. The number of unbranched alkanes of at least 4 members (excludes halogenated alkanes) is 1. The van der Waals surface area contributed by atoms with E-state index in [4.69, 9.17) is 10.8 Å². The largest absolute Gasteiger partial charge is 0.394 e. The van der Waals surface area contributed by atoms with Gasteiger partial charge in [0.05, 0.1) is 12.7 Å². The fraction of sp³-hybridized carbons (Fsp3) is 1.00. The number of aliphatic hydroxyl groups is 2. The Bertz CT molecular complexity index is 173. The number of nitrogens with two attached hydrogens (primary N) is 1. The first-order chi connectivity index (χ1) is 7.76. The normalized spacial score (nSPS) is 21.2. The van der Waals surface area contributed by atoms with Gasteiger partial charge in [-0.05, 0) is 25.9 Å². The second-order valence-corrected chi connectivity index (χ2v) is 4.47. The Morgan fingerprint density at radius 1 is 1.06 bits per heavy atom. The Hall–Kier alpha value is -0.200. The quantitative estimate of drug-likeness (QED) is 0.475. The maximum atomic E-state index is 9.33. The van der Waals surface area contributed by atoms with E-state index in [1.165, 1.54) is 6.42 Å². The van der Waals surface area contributed by atoms with E-state index >= 15 is 0 Å². The lowest BCUT2D eigenvalue weighted by molar-refractivity contribution is 0.0394. The van der Waals surface area contributed by atoms with Crippen LogP contribution < -0.4 is 5.73 Å². The molecule has 0 aromatic heterocycles. The third kappa shape index (κ3) is 5.23. The van der Waals surface area contributed by atoms with E-state index in [1.54, 1.807) is 0 Å². The number of β-amino-alcohol motifs (C(OH)–C–C–N with tert-alkyl or cyclic N) is 1. The van der Waals surface area contributed by atoms with Crippen LogP contribution in [-0.2, 0) is 0 Å². The fourth-order valence-electron chi connectivity index (χ4n) is 2.03.